The lowest BCUT2D eigenvalue weighted by Gasteiger charge is -2.31. The Labute approximate surface area is 128 Å². The smallest absolute Gasteiger partial charge is 0.325 e. The van der Waals surface area contributed by atoms with Crippen LogP contribution < -0.4 is 0 Å². The van der Waals surface area contributed by atoms with Gasteiger partial charge in [0.15, 0.2) is 5.41 Å². The highest BCUT2D eigenvalue weighted by molar-refractivity contribution is 6.01. The van der Waals surface area contributed by atoms with Crippen LogP contribution in [-0.4, -0.2) is 48.9 Å². The Morgan fingerprint density at radius 1 is 1.32 bits per heavy atom. The van der Waals surface area contributed by atoms with Gasteiger partial charge < -0.3 is 9.47 Å². The minimum Gasteiger partial charge on any atom is -0.468 e. The molecule has 0 spiro atoms. The normalized spacial score (nSPS) is 26.5. The second-order valence-corrected chi connectivity index (χ2v) is 5.45. The van der Waals surface area contributed by atoms with Gasteiger partial charge in [0.1, 0.15) is 6.04 Å². The van der Waals surface area contributed by atoms with Gasteiger partial charge in [-0.2, -0.15) is 5.06 Å². The van der Waals surface area contributed by atoms with E-state index in [1.165, 1.54) is 14.2 Å². The van der Waals surface area contributed by atoms with Crippen LogP contribution in [0.3, 0.4) is 0 Å². The zero-order valence-electron chi connectivity index (χ0n) is 12.5. The molecule has 0 unspecified atom stereocenters. The van der Waals surface area contributed by atoms with Gasteiger partial charge in [-0.1, -0.05) is 6.07 Å². The highest BCUT2D eigenvalue weighted by Gasteiger charge is 2.66. The van der Waals surface area contributed by atoms with Gasteiger partial charge in [0, 0.05) is 12.2 Å². The van der Waals surface area contributed by atoms with Crippen molar-refractivity contribution in [1.29, 1.82) is 0 Å². The zero-order chi connectivity index (χ0) is 15.7. The summed E-state index contributed by atoms with van der Waals surface area (Å²) >= 11 is 0. The third kappa shape index (κ3) is 2.00. The lowest BCUT2D eigenvalue weighted by Crippen LogP contribution is -2.46. The first kappa shape index (κ1) is 14.9. The topological polar surface area (TPSA) is 78.0 Å². The third-order valence-corrected chi connectivity index (χ3v) is 4.40. The van der Waals surface area contributed by atoms with Crippen molar-refractivity contribution in [2.75, 3.05) is 20.8 Å². The largest absolute Gasteiger partial charge is 0.468 e. The molecular weight excluding hydrogens is 288 g/mol. The van der Waals surface area contributed by atoms with E-state index >= 15 is 0 Å². The molecule has 2 aliphatic rings. The molecule has 0 aromatic carbocycles. The van der Waals surface area contributed by atoms with Crippen molar-refractivity contribution in [3.05, 3.63) is 30.1 Å². The molecule has 2 saturated heterocycles. The quantitative estimate of drug-likeness (QED) is 0.605. The molecule has 118 valence electrons. The van der Waals surface area contributed by atoms with Crippen LogP contribution in [0.5, 0.6) is 0 Å². The van der Waals surface area contributed by atoms with Crippen molar-refractivity contribution >= 4 is 11.9 Å². The second-order valence-electron chi connectivity index (χ2n) is 5.45. The Kier molecular flexibility index (Phi) is 3.84. The fourth-order valence-electron chi connectivity index (χ4n) is 3.46. The Bertz CT molecular complexity index is 561. The van der Waals surface area contributed by atoms with Crippen LogP contribution in [0.1, 0.15) is 24.6 Å². The maximum Gasteiger partial charge on any atom is 0.325 e. The minimum absolute atomic E-state index is 0.0368. The highest BCUT2D eigenvalue weighted by Crippen LogP contribution is 2.53. The summed E-state index contributed by atoms with van der Waals surface area (Å²) in [5.74, 6) is -1.24. The molecular formula is C15H18N2O5. The van der Waals surface area contributed by atoms with Gasteiger partial charge in [-0.05, 0) is 25.0 Å². The zero-order valence-corrected chi connectivity index (χ0v) is 12.5. The lowest BCUT2D eigenvalue weighted by molar-refractivity contribution is -0.188. The van der Waals surface area contributed by atoms with Crippen LogP contribution in [-0.2, 0) is 23.9 Å². The molecule has 0 aliphatic carbocycles. The summed E-state index contributed by atoms with van der Waals surface area (Å²) in [5, 5.41) is 1.70. The van der Waals surface area contributed by atoms with Gasteiger partial charge in [0.05, 0.1) is 26.5 Å². The molecule has 2 atom stereocenters. The molecule has 0 amide bonds. The van der Waals surface area contributed by atoms with E-state index < -0.39 is 23.4 Å². The lowest BCUT2D eigenvalue weighted by atomic mass is 9.77. The van der Waals surface area contributed by atoms with E-state index in [0.717, 1.165) is 6.42 Å². The molecule has 2 aliphatic heterocycles. The number of esters is 2. The Morgan fingerprint density at radius 3 is 2.64 bits per heavy atom. The monoisotopic (exact) mass is 306 g/mol. The van der Waals surface area contributed by atoms with E-state index in [-0.39, 0.29) is 6.04 Å². The van der Waals surface area contributed by atoms with Gasteiger partial charge in [-0.25, -0.2) is 0 Å². The van der Waals surface area contributed by atoms with Crippen LogP contribution in [0.4, 0.5) is 0 Å². The first-order valence-corrected chi connectivity index (χ1v) is 7.14. The number of carbonyl (C=O) groups excluding carboxylic acids is 2. The van der Waals surface area contributed by atoms with Gasteiger partial charge in [0.2, 0.25) is 0 Å². The van der Waals surface area contributed by atoms with Crippen LogP contribution in [0.2, 0.25) is 0 Å². The SMILES string of the molecule is COC(=O)C1(C(=O)OC)C[C@@H]2CCON2[C@H]1c1ccccn1. The Hall–Kier alpha value is -1.99. The number of pyridine rings is 1. The maximum absolute atomic E-state index is 12.5. The maximum atomic E-state index is 12.5. The van der Waals surface area contributed by atoms with Crippen molar-refractivity contribution in [2.24, 2.45) is 5.41 Å². The Morgan fingerprint density at radius 2 is 2.05 bits per heavy atom. The van der Waals surface area contributed by atoms with E-state index in [1.54, 1.807) is 23.4 Å². The summed E-state index contributed by atoms with van der Waals surface area (Å²) in [6, 6.07) is 4.67. The number of fused-ring (bicyclic) bond motifs is 1. The van der Waals surface area contributed by atoms with Crippen molar-refractivity contribution in [3.8, 4) is 0 Å². The molecule has 7 nitrogen and oxygen atoms in total. The van der Waals surface area contributed by atoms with Crippen LogP contribution >= 0.6 is 0 Å². The molecule has 3 rings (SSSR count). The predicted octanol–water partition coefficient (Wildman–Crippen LogP) is 0.865. The number of rotatable bonds is 3. The molecule has 1 aromatic rings. The molecule has 1 aromatic heterocycles. The average molecular weight is 306 g/mol. The van der Waals surface area contributed by atoms with E-state index in [4.69, 9.17) is 14.3 Å². The van der Waals surface area contributed by atoms with Gasteiger partial charge >= 0.3 is 11.9 Å². The molecule has 22 heavy (non-hydrogen) atoms. The first-order valence-electron chi connectivity index (χ1n) is 7.14. The number of ether oxygens (including phenoxy) is 2. The minimum atomic E-state index is -1.46. The van der Waals surface area contributed by atoms with E-state index in [9.17, 15) is 9.59 Å². The molecule has 7 heteroatoms. The van der Waals surface area contributed by atoms with Crippen LogP contribution in [0, 0.1) is 5.41 Å². The second kappa shape index (κ2) is 5.66. The molecule has 3 heterocycles. The van der Waals surface area contributed by atoms with E-state index in [1.807, 2.05) is 6.07 Å². The number of hydroxylamine groups is 2. The van der Waals surface area contributed by atoms with Crippen LogP contribution in [0.25, 0.3) is 0 Å². The summed E-state index contributed by atoms with van der Waals surface area (Å²) in [7, 11) is 2.54. The summed E-state index contributed by atoms with van der Waals surface area (Å²) < 4.78 is 9.86. The predicted molar refractivity (Wildman–Crippen MR) is 74.3 cm³/mol. The van der Waals surface area contributed by atoms with Crippen LogP contribution in [0.15, 0.2) is 24.4 Å². The highest BCUT2D eigenvalue weighted by atomic mass is 16.7. The number of hydrogen-bond donors (Lipinski definition) is 0. The number of hydrogen-bond acceptors (Lipinski definition) is 7. The summed E-state index contributed by atoms with van der Waals surface area (Å²) in [4.78, 5) is 35.0. The van der Waals surface area contributed by atoms with Gasteiger partial charge in [-0.15, -0.1) is 0 Å². The van der Waals surface area contributed by atoms with Gasteiger partial charge in [-0.3, -0.25) is 19.4 Å². The number of nitrogens with zero attached hydrogens (tertiary/aromatic N) is 2. The molecule has 0 bridgehead atoms. The number of aromatic nitrogens is 1. The number of carbonyl (C=O) groups is 2. The number of methoxy groups -OCH3 is 2. The Balaban J connectivity index is 2.13. The molecule has 0 saturated carbocycles. The van der Waals surface area contributed by atoms with Crippen molar-refractivity contribution in [2.45, 2.75) is 24.9 Å². The average Bonchev–Trinajstić information content (AvgIpc) is 3.12. The fraction of sp³-hybridized carbons (Fsp3) is 0.533. The third-order valence-electron chi connectivity index (χ3n) is 4.40. The first-order chi connectivity index (χ1) is 10.6. The van der Waals surface area contributed by atoms with E-state index in [2.05, 4.69) is 4.98 Å². The molecule has 0 N–H and O–H groups in total. The van der Waals surface area contributed by atoms with E-state index in [0.29, 0.717) is 18.7 Å². The summed E-state index contributed by atoms with van der Waals surface area (Å²) in [5.41, 5.74) is -0.870. The molecule has 2 fully saturated rings. The van der Waals surface area contributed by atoms with Gasteiger partial charge in [0.25, 0.3) is 0 Å². The summed E-state index contributed by atoms with van der Waals surface area (Å²) in [6.45, 7) is 0.562. The molecule has 0 radical (unpaired) electrons. The van der Waals surface area contributed by atoms with Crippen molar-refractivity contribution in [1.82, 2.24) is 10.0 Å². The van der Waals surface area contributed by atoms with Crippen molar-refractivity contribution < 1.29 is 23.9 Å². The fourth-order valence-corrected chi connectivity index (χ4v) is 3.46. The standard InChI is InChI=1S/C15H18N2O5/c1-20-13(18)15(14(19)21-2)9-10-6-8-22-17(10)12(15)11-5-3-4-7-16-11/h3-5,7,10,12H,6,8-9H2,1-2H3/t10-,12-/m0/s1. The summed E-state index contributed by atoms with van der Waals surface area (Å²) in [6.07, 6.45) is 2.67. The van der Waals surface area contributed by atoms with Crippen molar-refractivity contribution in [3.63, 3.8) is 0 Å².